The number of carbonyl (C=O) groups is 1. The van der Waals surface area contributed by atoms with Crippen LogP contribution in [0.25, 0.3) is 10.9 Å². The quantitative estimate of drug-likeness (QED) is 0.665. The number of carbonyl (C=O) groups excluding carboxylic acids is 1. The van der Waals surface area contributed by atoms with Crippen molar-refractivity contribution < 1.29 is 14.3 Å². The Morgan fingerprint density at radius 2 is 1.86 bits per heavy atom. The molecule has 3 N–H and O–H groups in total. The van der Waals surface area contributed by atoms with E-state index in [1.165, 1.54) is 24.0 Å². The molecule has 10 nitrogen and oxygen atoms in total. The Balaban J connectivity index is 1.78. The third-order valence-electron chi connectivity index (χ3n) is 4.62. The smallest absolute Gasteiger partial charge is 0.262 e. The Hall–Kier alpha value is -3.69. The lowest BCUT2D eigenvalue weighted by Gasteiger charge is -2.15. The molecule has 0 aliphatic carbocycles. The number of hydrogen-bond acceptors (Lipinski definition) is 8. The van der Waals surface area contributed by atoms with Gasteiger partial charge in [0.2, 0.25) is 11.9 Å². The third-order valence-corrected chi connectivity index (χ3v) is 4.62. The number of nitrogens with one attached hydrogen (secondary N) is 1. The summed E-state index contributed by atoms with van der Waals surface area (Å²) in [4.78, 5) is 37.5. The van der Waals surface area contributed by atoms with Crippen LogP contribution in [0.3, 0.4) is 0 Å². The van der Waals surface area contributed by atoms with Crippen LogP contribution in [-0.2, 0) is 7.05 Å². The minimum atomic E-state index is -0.514. The number of fused-ring (bicyclic) bond motifs is 3. The lowest BCUT2D eigenvalue weighted by Crippen LogP contribution is -2.25. The molecule has 0 bridgehead atoms. The van der Waals surface area contributed by atoms with Gasteiger partial charge in [-0.15, -0.1) is 0 Å². The third kappa shape index (κ3) is 3.68. The monoisotopic (exact) mass is 396 g/mol. The van der Waals surface area contributed by atoms with Crippen LogP contribution in [-0.4, -0.2) is 38.6 Å². The van der Waals surface area contributed by atoms with E-state index in [-0.39, 0.29) is 23.0 Å². The van der Waals surface area contributed by atoms with Gasteiger partial charge in [-0.2, -0.15) is 0 Å². The van der Waals surface area contributed by atoms with E-state index in [2.05, 4.69) is 20.3 Å². The van der Waals surface area contributed by atoms with Gasteiger partial charge in [0.05, 0.1) is 24.2 Å². The average Bonchev–Trinajstić information content (AvgIpc) is 2.84. The summed E-state index contributed by atoms with van der Waals surface area (Å²) in [5.41, 5.74) is 5.67. The summed E-state index contributed by atoms with van der Waals surface area (Å²) >= 11 is 0. The normalized spacial score (nSPS) is 14.0. The number of benzene rings is 1. The first-order valence-corrected chi connectivity index (χ1v) is 9.23. The second-order valence-electron chi connectivity index (χ2n) is 6.63. The summed E-state index contributed by atoms with van der Waals surface area (Å²) in [6.07, 6.45) is 5.40. The minimum Gasteiger partial charge on any atom is -0.490 e. The Morgan fingerprint density at radius 1 is 1.14 bits per heavy atom. The van der Waals surface area contributed by atoms with Gasteiger partial charge in [-0.05, 0) is 31.4 Å². The summed E-state index contributed by atoms with van der Waals surface area (Å²) < 4.78 is 13.0. The SMILES string of the molecule is Cn1c(NC(=O)c2cnc(N)nc2)nc2c3c(ccc2c1=O)OCCCCCO3. The minimum absolute atomic E-state index is 0.0597. The molecule has 150 valence electrons. The molecule has 1 amide bonds. The van der Waals surface area contributed by atoms with Crippen molar-refractivity contribution in [3.05, 3.63) is 40.4 Å². The summed E-state index contributed by atoms with van der Waals surface area (Å²) in [6.45, 7) is 1.06. The van der Waals surface area contributed by atoms with Crippen LogP contribution < -0.4 is 26.1 Å². The predicted molar refractivity (Wildman–Crippen MR) is 106 cm³/mol. The molecule has 1 aliphatic rings. The van der Waals surface area contributed by atoms with Crippen molar-refractivity contribution in [2.24, 2.45) is 7.05 Å². The highest BCUT2D eigenvalue weighted by atomic mass is 16.5. The Morgan fingerprint density at radius 3 is 2.62 bits per heavy atom. The zero-order valence-electron chi connectivity index (χ0n) is 15.8. The summed E-state index contributed by atoms with van der Waals surface area (Å²) in [7, 11) is 1.53. The van der Waals surface area contributed by atoms with Crippen LogP contribution in [0.2, 0.25) is 0 Å². The van der Waals surface area contributed by atoms with Gasteiger partial charge in [-0.1, -0.05) is 0 Å². The molecule has 3 heterocycles. The van der Waals surface area contributed by atoms with E-state index in [9.17, 15) is 9.59 Å². The summed E-state index contributed by atoms with van der Waals surface area (Å²) in [5, 5.41) is 3.00. The van der Waals surface area contributed by atoms with Gasteiger partial charge in [0, 0.05) is 19.4 Å². The molecule has 2 aromatic heterocycles. The van der Waals surface area contributed by atoms with E-state index in [1.54, 1.807) is 12.1 Å². The molecule has 0 saturated carbocycles. The molecule has 10 heteroatoms. The number of nitrogens with two attached hydrogens (primary N) is 1. The maximum absolute atomic E-state index is 12.9. The van der Waals surface area contributed by atoms with Crippen LogP contribution in [0, 0.1) is 0 Å². The standard InChI is InChI=1S/C19H20N6O4/c1-25-17(27)12-5-6-13-15(29-8-4-2-3-7-28-13)14(12)23-19(25)24-16(26)11-9-21-18(20)22-10-11/h5-6,9-10H,2-4,7-8H2,1H3,(H2,20,21,22)(H,23,24,26). The first kappa shape index (κ1) is 18.7. The Bertz CT molecular complexity index is 1130. The number of rotatable bonds is 2. The maximum atomic E-state index is 12.9. The topological polar surface area (TPSA) is 134 Å². The molecule has 29 heavy (non-hydrogen) atoms. The van der Waals surface area contributed by atoms with E-state index < -0.39 is 5.91 Å². The van der Waals surface area contributed by atoms with Crippen LogP contribution in [0.5, 0.6) is 11.5 Å². The summed E-state index contributed by atoms with van der Waals surface area (Å²) in [6, 6.07) is 3.38. The molecule has 0 atom stereocenters. The zero-order chi connectivity index (χ0) is 20.4. The molecule has 0 unspecified atom stereocenters. The largest absolute Gasteiger partial charge is 0.490 e. The van der Waals surface area contributed by atoms with Crippen molar-refractivity contribution >= 4 is 28.7 Å². The Labute approximate surface area is 165 Å². The first-order valence-electron chi connectivity index (χ1n) is 9.23. The molecule has 1 aliphatic heterocycles. The fraction of sp³-hybridized carbons (Fsp3) is 0.316. The van der Waals surface area contributed by atoms with Crippen LogP contribution in [0.15, 0.2) is 29.3 Å². The number of amides is 1. The molecular formula is C19H20N6O4. The van der Waals surface area contributed by atoms with E-state index >= 15 is 0 Å². The highest BCUT2D eigenvalue weighted by molar-refractivity contribution is 6.03. The fourth-order valence-corrected chi connectivity index (χ4v) is 3.03. The highest BCUT2D eigenvalue weighted by Gasteiger charge is 2.19. The molecule has 1 aromatic carbocycles. The number of anilines is 2. The van der Waals surface area contributed by atoms with Crippen molar-refractivity contribution in [1.29, 1.82) is 0 Å². The van der Waals surface area contributed by atoms with Crippen molar-refractivity contribution in [2.75, 3.05) is 24.3 Å². The van der Waals surface area contributed by atoms with Gasteiger partial charge < -0.3 is 15.2 Å². The number of hydrogen-bond donors (Lipinski definition) is 2. The van der Waals surface area contributed by atoms with E-state index in [0.29, 0.717) is 35.6 Å². The van der Waals surface area contributed by atoms with Gasteiger partial charge in [0.1, 0.15) is 5.52 Å². The van der Waals surface area contributed by atoms with Gasteiger partial charge in [0.25, 0.3) is 11.5 Å². The van der Waals surface area contributed by atoms with E-state index in [4.69, 9.17) is 15.2 Å². The number of ether oxygens (including phenoxy) is 2. The second kappa shape index (κ2) is 7.74. The van der Waals surface area contributed by atoms with Crippen LogP contribution >= 0.6 is 0 Å². The molecular weight excluding hydrogens is 376 g/mol. The van der Waals surface area contributed by atoms with Gasteiger partial charge >= 0.3 is 0 Å². The van der Waals surface area contributed by atoms with Gasteiger partial charge in [-0.25, -0.2) is 15.0 Å². The van der Waals surface area contributed by atoms with Gasteiger partial charge in [0.15, 0.2) is 11.5 Å². The zero-order valence-corrected chi connectivity index (χ0v) is 15.8. The maximum Gasteiger partial charge on any atom is 0.262 e. The van der Waals surface area contributed by atoms with Gasteiger partial charge in [-0.3, -0.25) is 19.5 Å². The fourth-order valence-electron chi connectivity index (χ4n) is 3.03. The molecule has 0 fully saturated rings. The van der Waals surface area contributed by atoms with Crippen molar-refractivity contribution in [2.45, 2.75) is 19.3 Å². The first-order chi connectivity index (χ1) is 14.0. The highest BCUT2D eigenvalue weighted by Crippen LogP contribution is 2.35. The van der Waals surface area contributed by atoms with Crippen molar-refractivity contribution in [3.8, 4) is 11.5 Å². The molecule has 4 rings (SSSR count). The van der Waals surface area contributed by atoms with E-state index in [0.717, 1.165) is 19.3 Å². The lowest BCUT2D eigenvalue weighted by atomic mass is 10.2. The average molecular weight is 396 g/mol. The molecule has 0 spiro atoms. The van der Waals surface area contributed by atoms with Crippen LogP contribution in [0.4, 0.5) is 11.9 Å². The molecule has 0 saturated heterocycles. The predicted octanol–water partition coefficient (Wildman–Crippen LogP) is 1.50. The van der Waals surface area contributed by atoms with Crippen molar-refractivity contribution in [3.63, 3.8) is 0 Å². The number of aromatic nitrogens is 4. The van der Waals surface area contributed by atoms with E-state index in [1.807, 2.05) is 0 Å². The Kier molecular flexibility index (Phi) is 4.98. The van der Waals surface area contributed by atoms with Crippen LogP contribution in [0.1, 0.15) is 29.6 Å². The molecule has 0 radical (unpaired) electrons. The van der Waals surface area contributed by atoms with Crippen molar-refractivity contribution in [1.82, 2.24) is 19.5 Å². The molecule has 3 aromatic rings. The second-order valence-corrected chi connectivity index (χ2v) is 6.63. The summed E-state index contributed by atoms with van der Waals surface area (Å²) in [5.74, 6) is 0.558. The number of nitrogen functional groups attached to an aromatic ring is 1. The lowest BCUT2D eigenvalue weighted by molar-refractivity contribution is 0.102. The number of nitrogens with zero attached hydrogens (tertiary/aromatic N) is 4.